The number of fused-ring (bicyclic) bond motifs is 1. The minimum Gasteiger partial charge on any atom is -0.352 e. The van der Waals surface area contributed by atoms with Gasteiger partial charge in [0.2, 0.25) is 0 Å². The van der Waals surface area contributed by atoms with Gasteiger partial charge < -0.3 is 10.6 Å². The van der Waals surface area contributed by atoms with E-state index in [0.29, 0.717) is 23.6 Å². The largest absolute Gasteiger partial charge is 0.352 e. The molecule has 0 radical (unpaired) electrons. The van der Waals surface area contributed by atoms with Gasteiger partial charge in [-0.2, -0.15) is 0 Å². The van der Waals surface area contributed by atoms with Gasteiger partial charge in [-0.1, -0.05) is 0 Å². The van der Waals surface area contributed by atoms with E-state index in [1.54, 1.807) is 36.7 Å². The zero-order valence-electron chi connectivity index (χ0n) is 16.2. The summed E-state index contributed by atoms with van der Waals surface area (Å²) in [7, 11) is 0. The number of hydrogen-bond acceptors (Lipinski definition) is 5. The molecule has 2 aliphatic heterocycles. The van der Waals surface area contributed by atoms with E-state index in [1.165, 1.54) is 23.8 Å². The second-order valence-corrected chi connectivity index (χ2v) is 7.57. The number of aromatic nitrogens is 1. The second-order valence-electron chi connectivity index (χ2n) is 7.57. The standard InChI is InChI=1S/C22H24N4O3/c27-20(25-11-7-15-2-1-8-24-13-15)17-3-4-18-19(12-17)22(29)26(21(18)28)14-16-5-9-23-10-6-16/h3-6,9-10,12,15,24H,1-2,7-8,11,13-14H2,(H,25,27). The predicted octanol–water partition coefficient (Wildman–Crippen LogP) is 2.00. The molecule has 1 saturated heterocycles. The molecular formula is C22H24N4O3. The highest BCUT2D eigenvalue weighted by Gasteiger charge is 2.36. The molecule has 3 heterocycles. The van der Waals surface area contributed by atoms with E-state index in [2.05, 4.69) is 15.6 Å². The Bertz CT molecular complexity index is 923. The third kappa shape index (κ3) is 4.19. The predicted molar refractivity (Wildman–Crippen MR) is 107 cm³/mol. The molecule has 0 saturated carbocycles. The monoisotopic (exact) mass is 392 g/mol. The van der Waals surface area contributed by atoms with E-state index >= 15 is 0 Å². The molecular weight excluding hydrogens is 368 g/mol. The van der Waals surface area contributed by atoms with Crippen LogP contribution in [0.4, 0.5) is 0 Å². The Morgan fingerprint density at radius 3 is 2.69 bits per heavy atom. The van der Waals surface area contributed by atoms with Gasteiger partial charge in [0.15, 0.2) is 0 Å². The van der Waals surface area contributed by atoms with Crippen molar-refractivity contribution < 1.29 is 14.4 Å². The summed E-state index contributed by atoms with van der Waals surface area (Å²) in [5.41, 5.74) is 1.85. The third-order valence-corrected chi connectivity index (χ3v) is 5.56. The number of nitrogens with zero attached hydrogens (tertiary/aromatic N) is 2. The maximum absolute atomic E-state index is 12.8. The van der Waals surface area contributed by atoms with E-state index in [1.807, 2.05) is 0 Å². The molecule has 29 heavy (non-hydrogen) atoms. The molecule has 1 fully saturated rings. The van der Waals surface area contributed by atoms with Crippen molar-refractivity contribution in [1.82, 2.24) is 20.5 Å². The topological polar surface area (TPSA) is 91.4 Å². The third-order valence-electron chi connectivity index (χ3n) is 5.56. The molecule has 1 atom stereocenters. The number of imide groups is 1. The van der Waals surface area contributed by atoms with Crippen LogP contribution in [0.5, 0.6) is 0 Å². The first-order valence-corrected chi connectivity index (χ1v) is 10.0. The fraction of sp³-hybridized carbons (Fsp3) is 0.364. The number of carbonyl (C=O) groups is 3. The molecule has 7 heteroatoms. The Morgan fingerprint density at radius 1 is 1.14 bits per heavy atom. The molecule has 3 amide bonds. The first-order chi connectivity index (χ1) is 14.1. The summed E-state index contributed by atoms with van der Waals surface area (Å²) in [6.07, 6.45) is 6.54. The average Bonchev–Trinajstić information content (AvgIpc) is 2.99. The van der Waals surface area contributed by atoms with Crippen molar-refractivity contribution in [2.45, 2.75) is 25.8 Å². The summed E-state index contributed by atoms with van der Waals surface area (Å²) in [4.78, 5) is 43.0. The van der Waals surface area contributed by atoms with Crippen LogP contribution in [-0.4, -0.2) is 47.2 Å². The summed E-state index contributed by atoms with van der Waals surface area (Å²) in [5.74, 6) is -0.335. The van der Waals surface area contributed by atoms with Crippen molar-refractivity contribution in [2.24, 2.45) is 5.92 Å². The van der Waals surface area contributed by atoms with Gasteiger partial charge in [0, 0.05) is 24.5 Å². The number of carbonyl (C=O) groups excluding carboxylic acids is 3. The summed E-state index contributed by atoms with van der Waals surface area (Å²) in [5, 5.41) is 6.30. The van der Waals surface area contributed by atoms with Crippen LogP contribution in [0.1, 0.15) is 55.9 Å². The average molecular weight is 392 g/mol. The second kappa shape index (κ2) is 8.53. The summed E-state index contributed by atoms with van der Waals surface area (Å²) >= 11 is 0. The zero-order chi connectivity index (χ0) is 20.2. The quantitative estimate of drug-likeness (QED) is 0.734. The smallest absolute Gasteiger partial charge is 0.261 e. The number of pyridine rings is 1. The van der Waals surface area contributed by atoms with Crippen LogP contribution in [-0.2, 0) is 6.54 Å². The van der Waals surface area contributed by atoms with Gasteiger partial charge in [-0.05, 0) is 74.2 Å². The molecule has 1 aromatic carbocycles. The molecule has 150 valence electrons. The van der Waals surface area contributed by atoms with Crippen LogP contribution in [0.2, 0.25) is 0 Å². The van der Waals surface area contributed by atoms with Crippen LogP contribution in [0, 0.1) is 5.92 Å². The van der Waals surface area contributed by atoms with Crippen molar-refractivity contribution in [3.63, 3.8) is 0 Å². The van der Waals surface area contributed by atoms with Gasteiger partial charge in [-0.3, -0.25) is 24.3 Å². The Morgan fingerprint density at radius 2 is 1.93 bits per heavy atom. The molecule has 7 nitrogen and oxygen atoms in total. The summed E-state index contributed by atoms with van der Waals surface area (Å²) < 4.78 is 0. The first kappa shape index (κ1) is 19.3. The van der Waals surface area contributed by atoms with Gasteiger partial charge in [0.1, 0.15) is 0 Å². The maximum atomic E-state index is 12.8. The number of amides is 3. The molecule has 1 aromatic heterocycles. The first-order valence-electron chi connectivity index (χ1n) is 10.0. The molecule has 2 aromatic rings. The SMILES string of the molecule is O=C(NCCC1CCCNC1)c1ccc2c(c1)C(=O)N(Cc1ccncc1)C2=O. The normalized spacial score (nSPS) is 18.6. The van der Waals surface area contributed by atoms with E-state index < -0.39 is 0 Å². The van der Waals surface area contributed by atoms with Gasteiger partial charge in [0.25, 0.3) is 17.7 Å². The van der Waals surface area contributed by atoms with Crippen molar-refractivity contribution >= 4 is 17.7 Å². The maximum Gasteiger partial charge on any atom is 0.261 e. The summed E-state index contributed by atoms with van der Waals surface area (Å²) in [6, 6.07) is 8.24. The number of benzene rings is 1. The van der Waals surface area contributed by atoms with Crippen molar-refractivity contribution in [1.29, 1.82) is 0 Å². The minimum absolute atomic E-state index is 0.186. The molecule has 0 bridgehead atoms. The van der Waals surface area contributed by atoms with Gasteiger partial charge in [-0.25, -0.2) is 0 Å². The van der Waals surface area contributed by atoms with Gasteiger partial charge in [-0.15, -0.1) is 0 Å². The Hall–Kier alpha value is -3.06. The van der Waals surface area contributed by atoms with Crippen LogP contribution < -0.4 is 10.6 Å². The lowest BCUT2D eigenvalue weighted by atomic mass is 9.96. The minimum atomic E-state index is -0.371. The highest BCUT2D eigenvalue weighted by molar-refractivity contribution is 6.22. The Kier molecular flexibility index (Phi) is 5.67. The molecule has 0 spiro atoms. The van der Waals surface area contributed by atoms with Gasteiger partial charge >= 0.3 is 0 Å². The zero-order valence-corrected chi connectivity index (χ0v) is 16.2. The lowest BCUT2D eigenvalue weighted by Gasteiger charge is -2.22. The number of piperidine rings is 1. The Labute approximate surface area is 169 Å². The highest BCUT2D eigenvalue weighted by Crippen LogP contribution is 2.25. The number of hydrogen-bond donors (Lipinski definition) is 2. The molecule has 2 N–H and O–H groups in total. The van der Waals surface area contributed by atoms with Gasteiger partial charge in [0.05, 0.1) is 17.7 Å². The van der Waals surface area contributed by atoms with Crippen molar-refractivity contribution in [3.8, 4) is 0 Å². The lowest BCUT2D eigenvalue weighted by Crippen LogP contribution is -2.33. The van der Waals surface area contributed by atoms with Crippen LogP contribution in [0.15, 0.2) is 42.7 Å². The van der Waals surface area contributed by atoms with Crippen molar-refractivity contribution in [3.05, 3.63) is 65.0 Å². The van der Waals surface area contributed by atoms with E-state index in [-0.39, 0.29) is 29.8 Å². The van der Waals surface area contributed by atoms with E-state index in [0.717, 1.165) is 25.1 Å². The van der Waals surface area contributed by atoms with Crippen LogP contribution in [0.3, 0.4) is 0 Å². The molecule has 4 rings (SSSR count). The van der Waals surface area contributed by atoms with Crippen molar-refractivity contribution in [2.75, 3.05) is 19.6 Å². The highest BCUT2D eigenvalue weighted by atomic mass is 16.2. The molecule has 1 unspecified atom stereocenters. The fourth-order valence-electron chi connectivity index (χ4n) is 3.91. The molecule has 2 aliphatic rings. The fourth-order valence-corrected chi connectivity index (χ4v) is 3.91. The molecule has 0 aliphatic carbocycles. The number of nitrogens with one attached hydrogen (secondary N) is 2. The van der Waals surface area contributed by atoms with Crippen LogP contribution in [0.25, 0.3) is 0 Å². The number of rotatable bonds is 6. The van der Waals surface area contributed by atoms with Crippen LogP contribution >= 0.6 is 0 Å². The summed E-state index contributed by atoms with van der Waals surface area (Å²) in [6.45, 7) is 2.86. The Balaban J connectivity index is 1.40. The van der Waals surface area contributed by atoms with E-state index in [9.17, 15) is 14.4 Å². The lowest BCUT2D eigenvalue weighted by molar-refractivity contribution is 0.0642. The van der Waals surface area contributed by atoms with E-state index in [4.69, 9.17) is 0 Å².